The second-order valence-electron chi connectivity index (χ2n) is 8.60. The van der Waals surface area contributed by atoms with E-state index in [9.17, 15) is 14.5 Å². The molecular formula is C22H27BrN7O5P. The van der Waals surface area contributed by atoms with Crippen LogP contribution in [-0.2, 0) is 13.9 Å². The molecule has 1 aliphatic rings. The summed E-state index contributed by atoms with van der Waals surface area (Å²) in [6, 6.07) is 5.43. The van der Waals surface area contributed by atoms with Crippen molar-refractivity contribution in [3.05, 3.63) is 47.2 Å². The average molecular weight is 580 g/mol. The Morgan fingerprint density at radius 1 is 1.33 bits per heavy atom. The number of fused-ring (bicyclic) bond motifs is 1. The first-order chi connectivity index (χ1) is 17.0. The zero-order chi connectivity index (χ0) is 26.0. The number of carboxylic acids is 1. The lowest BCUT2D eigenvalue weighted by Crippen LogP contribution is -2.33. The standard InChI is InChI=1S/C22H27BrN7O5P/c1-13(21(31)32)28-36(33,35-17-8-5-15(23)6-9-17)34-11-14-4-7-16(10-14)30-12-25-18-19(29(2)3)26-22(24)27-20(18)30/h4-9,12-14,16H,10-11H2,1-3H3,(H,28,33)(H,31,32)(H2,24,26,27)/t13?,14-,16+,36?/m1/s1. The van der Waals surface area contributed by atoms with E-state index in [0.717, 1.165) is 4.47 Å². The molecule has 4 N–H and O–H groups in total. The number of nitrogens with zero attached hydrogens (tertiary/aromatic N) is 5. The minimum Gasteiger partial charge on any atom is -0.480 e. The topological polar surface area (TPSA) is 158 Å². The van der Waals surface area contributed by atoms with E-state index in [0.29, 0.717) is 23.4 Å². The maximum atomic E-state index is 13.5. The summed E-state index contributed by atoms with van der Waals surface area (Å²) < 4.78 is 27.5. The Hall–Kier alpha value is -2.99. The van der Waals surface area contributed by atoms with Crippen molar-refractivity contribution < 1.29 is 23.5 Å². The van der Waals surface area contributed by atoms with Gasteiger partial charge in [-0.15, -0.1) is 0 Å². The molecular weight excluding hydrogens is 553 g/mol. The van der Waals surface area contributed by atoms with Crippen LogP contribution in [0.5, 0.6) is 5.75 Å². The summed E-state index contributed by atoms with van der Waals surface area (Å²) in [7, 11) is -0.288. The fourth-order valence-corrected chi connectivity index (χ4v) is 5.58. The normalized spacial score (nSPS) is 19.8. The van der Waals surface area contributed by atoms with Crippen LogP contribution in [0, 0.1) is 5.92 Å². The Bertz CT molecular complexity index is 1330. The van der Waals surface area contributed by atoms with Crippen LogP contribution in [0.4, 0.5) is 11.8 Å². The number of allylic oxidation sites excluding steroid dienone is 1. The van der Waals surface area contributed by atoms with Gasteiger partial charge in [0, 0.05) is 24.5 Å². The lowest BCUT2D eigenvalue weighted by atomic mass is 10.1. The SMILES string of the molecule is CC(NP(=O)(OC[C@@H]1C=C[C@H](n2cnc3c(N(C)C)nc(N)nc32)C1)Oc1ccc(Br)cc1)C(=O)O. The van der Waals surface area contributed by atoms with Gasteiger partial charge in [-0.2, -0.15) is 15.1 Å². The average Bonchev–Trinajstić information content (AvgIpc) is 3.45. The second kappa shape index (κ2) is 10.6. The molecule has 0 spiro atoms. The van der Waals surface area contributed by atoms with Crippen LogP contribution in [0.1, 0.15) is 19.4 Å². The van der Waals surface area contributed by atoms with Crippen LogP contribution in [0.3, 0.4) is 0 Å². The minimum absolute atomic E-state index is 0.0485. The third-order valence-electron chi connectivity index (χ3n) is 5.57. The number of rotatable bonds is 10. The molecule has 14 heteroatoms. The molecule has 0 fully saturated rings. The van der Waals surface area contributed by atoms with Crippen molar-refractivity contribution in [3.63, 3.8) is 0 Å². The van der Waals surface area contributed by atoms with Crippen molar-refractivity contribution >= 4 is 52.6 Å². The number of carbonyl (C=O) groups is 1. The number of nitrogens with two attached hydrogens (primary N) is 1. The van der Waals surface area contributed by atoms with Gasteiger partial charge in [0.15, 0.2) is 17.0 Å². The Labute approximate surface area is 216 Å². The smallest absolute Gasteiger partial charge is 0.459 e. The van der Waals surface area contributed by atoms with E-state index in [1.54, 1.807) is 30.6 Å². The summed E-state index contributed by atoms with van der Waals surface area (Å²) in [5, 5.41) is 11.8. The predicted molar refractivity (Wildman–Crippen MR) is 139 cm³/mol. The molecule has 12 nitrogen and oxygen atoms in total. The van der Waals surface area contributed by atoms with Crippen molar-refractivity contribution in [2.24, 2.45) is 5.92 Å². The first-order valence-corrected chi connectivity index (χ1v) is 13.4. The van der Waals surface area contributed by atoms with Gasteiger partial charge in [0.05, 0.1) is 19.0 Å². The Kier molecular flexibility index (Phi) is 7.65. The number of nitrogen functional groups attached to an aromatic ring is 1. The number of carboxylic acid groups (broad SMARTS) is 1. The van der Waals surface area contributed by atoms with Gasteiger partial charge >= 0.3 is 13.7 Å². The number of hydrogen-bond donors (Lipinski definition) is 3. The number of halogens is 1. The van der Waals surface area contributed by atoms with Crippen molar-refractivity contribution in [1.29, 1.82) is 0 Å². The Balaban J connectivity index is 1.47. The highest BCUT2D eigenvalue weighted by Crippen LogP contribution is 2.46. The fourth-order valence-electron chi connectivity index (χ4n) is 3.77. The monoisotopic (exact) mass is 579 g/mol. The summed E-state index contributed by atoms with van der Waals surface area (Å²) in [6.45, 7) is 1.42. The highest BCUT2D eigenvalue weighted by atomic mass is 79.9. The van der Waals surface area contributed by atoms with Gasteiger partial charge in [-0.05, 0) is 37.6 Å². The zero-order valence-electron chi connectivity index (χ0n) is 19.9. The quantitative estimate of drug-likeness (QED) is 0.238. The minimum atomic E-state index is -4.00. The Morgan fingerprint density at radius 2 is 2.06 bits per heavy atom. The molecule has 2 heterocycles. The number of benzene rings is 1. The summed E-state index contributed by atoms with van der Waals surface area (Å²) in [4.78, 5) is 26.3. The van der Waals surface area contributed by atoms with Crippen molar-refractivity contribution in [2.45, 2.75) is 25.4 Å². The van der Waals surface area contributed by atoms with E-state index in [1.807, 2.05) is 35.7 Å². The number of hydrogen-bond acceptors (Lipinski definition) is 9. The van der Waals surface area contributed by atoms with Gasteiger partial charge in [-0.1, -0.05) is 28.1 Å². The van der Waals surface area contributed by atoms with Crippen LogP contribution in [0.2, 0.25) is 0 Å². The summed E-state index contributed by atoms with van der Waals surface area (Å²) in [5.41, 5.74) is 7.18. The molecule has 2 aromatic heterocycles. The number of aliphatic carboxylic acids is 1. The maximum absolute atomic E-state index is 13.5. The van der Waals surface area contributed by atoms with Gasteiger partial charge in [0.25, 0.3) is 0 Å². The molecule has 0 aliphatic heterocycles. The third-order valence-corrected chi connectivity index (χ3v) is 7.74. The molecule has 36 heavy (non-hydrogen) atoms. The summed E-state index contributed by atoms with van der Waals surface area (Å²) in [5.74, 6) is -0.222. The van der Waals surface area contributed by atoms with Crippen LogP contribution in [0.15, 0.2) is 47.2 Å². The van der Waals surface area contributed by atoms with Crippen LogP contribution >= 0.6 is 23.7 Å². The molecule has 0 saturated carbocycles. The molecule has 0 radical (unpaired) electrons. The highest BCUT2D eigenvalue weighted by Gasteiger charge is 2.33. The van der Waals surface area contributed by atoms with E-state index in [-0.39, 0.29) is 30.3 Å². The molecule has 0 bridgehead atoms. The van der Waals surface area contributed by atoms with E-state index >= 15 is 0 Å². The van der Waals surface area contributed by atoms with Crippen molar-refractivity contribution in [2.75, 3.05) is 31.3 Å². The lowest BCUT2D eigenvalue weighted by molar-refractivity contribution is -0.138. The summed E-state index contributed by atoms with van der Waals surface area (Å²) >= 11 is 3.33. The first kappa shape index (κ1) is 26.1. The maximum Gasteiger partial charge on any atom is 0.459 e. The molecule has 1 aliphatic carbocycles. The molecule has 4 atom stereocenters. The van der Waals surface area contributed by atoms with E-state index in [1.165, 1.54) is 6.92 Å². The van der Waals surface area contributed by atoms with E-state index in [2.05, 4.69) is 36.0 Å². The molecule has 0 saturated heterocycles. The van der Waals surface area contributed by atoms with Crippen molar-refractivity contribution in [1.82, 2.24) is 24.6 Å². The van der Waals surface area contributed by atoms with Crippen LogP contribution in [-0.4, -0.2) is 57.3 Å². The lowest BCUT2D eigenvalue weighted by Gasteiger charge is -2.23. The summed E-state index contributed by atoms with van der Waals surface area (Å²) in [6.07, 6.45) is 6.27. The van der Waals surface area contributed by atoms with Crippen LogP contribution in [0.25, 0.3) is 11.2 Å². The first-order valence-electron chi connectivity index (χ1n) is 11.1. The van der Waals surface area contributed by atoms with Crippen molar-refractivity contribution in [3.8, 4) is 5.75 Å². The van der Waals surface area contributed by atoms with Gasteiger partial charge in [-0.3, -0.25) is 9.32 Å². The Morgan fingerprint density at radius 3 is 2.72 bits per heavy atom. The molecule has 4 rings (SSSR count). The molecule has 0 amide bonds. The second-order valence-corrected chi connectivity index (χ2v) is 11.2. The van der Waals surface area contributed by atoms with E-state index in [4.69, 9.17) is 14.8 Å². The number of imidazole rings is 1. The van der Waals surface area contributed by atoms with Gasteiger partial charge < -0.3 is 24.8 Å². The zero-order valence-corrected chi connectivity index (χ0v) is 22.4. The number of anilines is 2. The van der Waals surface area contributed by atoms with Gasteiger partial charge in [0.2, 0.25) is 5.95 Å². The van der Waals surface area contributed by atoms with E-state index < -0.39 is 19.8 Å². The fraction of sp³-hybridized carbons (Fsp3) is 0.364. The van der Waals surface area contributed by atoms with Gasteiger partial charge in [0.1, 0.15) is 11.8 Å². The molecule has 3 aromatic rings. The van der Waals surface area contributed by atoms with Crippen LogP contribution < -0.4 is 20.2 Å². The number of nitrogens with one attached hydrogen (secondary N) is 1. The highest BCUT2D eigenvalue weighted by molar-refractivity contribution is 9.10. The molecule has 2 unspecified atom stereocenters. The van der Waals surface area contributed by atoms with Gasteiger partial charge in [-0.25, -0.2) is 9.55 Å². The third kappa shape index (κ3) is 5.86. The largest absolute Gasteiger partial charge is 0.480 e. The molecule has 192 valence electrons. The molecule has 1 aromatic carbocycles. The number of aromatic nitrogens is 4. The predicted octanol–water partition coefficient (Wildman–Crippen LogP) is 3.62.